The van der Waals surface area contributed by atoms with Crippen molar-refractivity contribution in [1.29, 1.82) is 0 Å². The highest BCUT2D eigenvalue weighted by Crippen LogP contribution is 2.39. The molecule has 0 spiro atoms. The molecule has 27 heavy (non-hydrogen) atoms. The molecule has 2 heteroatoms. The van der Waals surface area contributed by atoms with Gasteiger partial charge in [-0.15, -0.1) is 0 Å². The van der Waals surface area contributed by atoms with Crippen molar-refractivity contribution in [3.05, 3.63) is 81.9 Å². The highest BCUT2D eigenvalue weighted by atomic mass is 19.1. The topological polar surface area (TPSA) is 0 Å². The zero-order valence-electron chi connectivity index (χ0n) is 16.1. The summed E-state index contributed by atoms with van der Waals surface area (Å²) in [5.41, 5.74) is 6.86. The molecule has 2 aliphatic rings. The molecule has 142 valence electrons. The van der Waals surface area contributed by atoms with Crippen LogP contribution in [-0.2, 0) is 25.7 Å². The summed E-state index contributed by atoms with van der Waals surface area (Å²) in [6.07, 6.45) is 13.5. The van der Waals surface area contributed by atoms with Gasteiger partial charge in [0.05, 0.1) is 0 Å². The highest BCUT2D eigenvalue weighted by molar-refractivity contribution is 5.45. The predicted octanol–water partition coefficient (Wildman–Crippen LogP) is 6.70. The van der Waals surface area contributed by atoms with E-state index in [2.05, 4.69) is 31.2 Å². The van der Waals surface area contributed by atoms with Crippen molar-refractivity contribution in [2.24, 2.45) is 5.92 Å². The second-order valence-corrected chi connectivity index (χ2v) is 8.24. The first-order chi connectivity index (χ1) is 13.1. The lowest BCUT2D eigenvalue weighted by molar-refractivity contribution is 0.427. The fraction of sp³-hybridized carbons (Fsp3) is 0.440. The number of halogens is 2. The van der Waals surface area contributed by atoms with Gasteiger partial charge in [-0.25, -0.2) is 8.78 Å². The number of hydrogen-bond acceptors (Lipinski definition) is 0. The molecule has 2 aromatic rings. The van der Waals surface area contributed by atoms with E-state index in [9.17, 15) is 8.78 Å². The number of rotatable bonds is 4. The zero-order chi connectivity index (χ0) is 18.8. The van der Waals surface area contributed by atoms with Crippen LogP contribution in [-0.4, -0.2) is 0 Å². The summed E-state index contributed by atoms with van der Waals surface area (Å²) in [6, 6.07) is 8.58. The van der Waals surface area contributed by atoms with E-state index in [4.69, 9.17) is 0 Å². The van der Waals surface area contributed by atoms with E-state index in [1.165, 1.54) is 55.4 Å². The van der Waals surface area contributed by atoms with Crippen LogP contribution in [0.2, 0.25) is 0 Å². The molecule has 0 fully saturated rings. The van der Waals surface area contributed by atoms with Crippen LogP contribution in [0, 0.1) is 17.6 Å². The van der Waals surface area contributed by atoms with Crippen LogP contribution in [0.3, 0.4) is 0 Å². The maximum Gasteiger partial charge on any atom is 0.126 e. The normalized spacial score (nSPS) is 21.9. The highest BCUT2D eigenvalue weighted by Gasteiger charge is 2.27. The van der Waals surface area contributed by atoms with Crippen LogP contribution in [0.1, 0.15) is 66.3 Å². The summed E-state index contributed by atoms with van der Waals surface area (Å²) in [4.78, 5) is 0. The lowest BCUT2D eigenvalue weighted by atomic mass is 9.73. The van der Waals surface area contributed by atoms with Crippen LogP contribution in [0.4, 0.5) is 8.78 Å². The summed E-state index contributed by atoms with van der Waals surface area (Å²) in [5, 5.41) is 0. The summed E-state index contributed by atoms with van der Waals surface area (Å²) >= 11 is 0. The van der Waals surface area contributed by atoms with Gasteiger partial charge in [-0.1, -0.05) is 24.3 Å². The maximum absolute atomic E-state index is 13.6. The minimum atomic E-state index is -0.467. The molecule has 2 unspecified atom stereocenters. The lowest BCUT2D eigenvalue weighted by Crippen LogP contribution is -2.20. The van der Waals surface area contributed by atoms with Crippen LogP contribution in [0.25, 0.3) is 0 Å². The van der Waals surface area contributed by atoms with Crippen molar-refractivity contribution in [1.82, 2.24) is 0 Å². The van der Waals surface area contributed by atoms with E-state index in [1.807, 2.05) is 0 Å². The van der Waals surface area contributed by atoms with Gasteiger partial charge in [0.2, 0.25) is 0 Å². The Morgan fingerprint density at radius 3 is 2.30 bits per heavy atom. The van der Waals surface area contributed by atoms with Crippen molar-refractivity contribution in [3.8, 4) is 0 Å². The standard InChI is InChI=1S/C25H28F2/c1-2-3-4-5-17-6-10-24-19(12-17)7-8-20-13-18(9-11-25(20)24)21-14-22(26)16-23(27)15-21/h2-3,7-8,14-18H,4-6,9-13H2,1H3/b3-2+. The molecule has 4 rings (SSSR count). The molecule has 2 aliphatic carbocycles. The molecule has 0 amide bonds. The van der Waals surface area contributed by atoms with Gasteiger partial charge in [0, 0.05) is 6.07 Å². The average Bonchev–Trinajstić information content (AvgIpc) is 2.66. The zero-order valence-corrected chi connectivity index (χ0v) is 16.1. The number of allylic oxidation sites excluding steroid dienone is 2. The Bertz CT molecular complexity index is 829. The Morgan fingerprint density at radius 1 is 0.926 bits per heavy atom. The summed E-state index contributed by atoms with van der Waals surface area (Å²) in [5.74, 6) is 0.0895. The maximum atomic E-state index is 13.6. The van der Waals surface area contributed by atoms with E-state index in [-0.39, 0.29) is 5.92 Å². The van der Waals surface area contributed by atoms with E-state index < -0.39 is 11.6 Å². The predicted molar refractivity (Wildman–Crippen MR) is 107 cm³/mol. The Balaban J connectivity index is 1.52. The van der Waals surface area contributed by atoms with Crippen molar-refractivity contribution < 1.29 is 8.78 Å². The van der Waals surface area contributed by atoms with Gasteiger partial charge in [0.25, 0.3) is 0 Å². The second-order valence-electron chi connectivity index (χ2n) is 8.24. The van der Waals surface area contributed by atoms with Gasteiger partial charge >= 0.3 is 0 Å². The van der Waals surface area contributed by atoms with Crippen molar-refractivity contribution in [2.45, 2.75) is 64.2 Å². The molecule has 0 aromatic heterocycles. The van der Waals surface area contributed by atoms with E-state index in [1.54, 1.807) is 11.1 Å². The van der Waals surface area contributed by atoms with Gasteiger partial charge in [0.15, 0.2) is 0 Å². The number of hydrogen-bond donors (Lipinski definition) is 0. The molecule has 0 aliphatic heterocycles. The summed E-state index contributed by atoms with van der Waals surface area (Å²) < 4.78 is 27.2. The monoisotopic (exact) mass is 366 g/mol. The Kier molecular flexibility index (Phi) is 5.43. The van der Waals surface area contributed by atoms with Gasteiger partial charge in [-0.05, 0) is 110 Å². The number of fused-ring (bicyclic) bond motifs is 3. The molecule has 0 N–H and O–H groups in total. The third kappa shape index (κ3) is 4.00. The quantitative estimate of drug-likeness (QED) is 0.528. The molecular weight excluding hydrogens is 338 g/mol. The van der Waals surface area contributed by atoms with Crippen molar-refractivity contribution in [3.63, 3.8) is 0 Å². The minimum Gasteiger partial charge on any atom is -0.207 e. The fourth-order valence-corrected chi connectivity index (χ4v) is 5.08. The molecule has 0 heterocycles. The molecule has 0 saturated carbocycles. The van der Waals surface area contributed by atoms with Gasteiger partial charge in [-0.3, -0.25) is 0 Å². The molecule has 0 radical (unpaired) electrons. The summed E-state index contributed by atoms with van der Waals surface area (Å²) in [7, 11) is 0. The minimum absolute atomic E-state index is 0.220. The Labute approximate surface area is 161 Å². The first kappa shape index (κ1) is 18.4. The van der Waals surface area contributed by atoms with E-state index in [0.717, 1.165) is 36.8 Å². The smallest absolute Gasteiger partial charge is 0.126 e. The van der Waals surface area contributed by atoms with Crippen molar-refractivity contribution in [2.75, 3.05) is 0 Å². The molecule has 2 atom stereocenters. The van der Waals surface area contributed by atoms with E-state index in [0.29, 0.717) is 0 Å². The molecule has 2 aromatic carbocycles. The Hall–Kier alpha value is -1.96. The first-order valence-corrected chi connectivity index (χ1v) is 10.3. The molecule has 0 bridgehead atoms. The Morgan fingerprint density at radius 2 is 1.59 bits per heavy atom. The SMILES string of the molecule is C/C=C/CCC1CCc2c(ccc3c2CCC(c2cc(F)cc(F)c2)C3)C1. The number of benzene rings is 2. The third-order valence-corrected chi connectivity index (χ3v) is 6.48. The van der Waals surface area contributed by atoms with Crippen LogP contribution in [0.15, 0.2) is 42.5 Å². The molecular formula is C25H28F2. The van der Waals surface area contributed by atoms with Gasteiger partial charge < -0.3 is 0 Å². The van der Waals surface area contributed by atoms with Gasteiger partial charge in [0.1, 0.15) is 11.6 Å². The first-order valence-electron chi connectivity index (χ1n) is 10.3. The van der Waals surface area contributed by atoms with Crippen molar-refractivity contribution >= 4 is 0 Å². The third-order valence-electron chi connectivity index (χ3n) is 6.48. The molecule has 0 nitrogen and oxygen atoms in total. The fourth-order valence-electron chi connectivity index (χ4n) is 5.08. The largest absolute Gasteiger partial charge is 0.207 e. The van der Waals surface area contributed by atoms with Gasteiger partial charge in [-0.2, -0.15) is 0 Å². The van der Waals surface area contributed by atoms with Crippen LogP contribution in [0.5, 0.6) is 0 Å². The average molecular weight is 366 g/mol. The lowest BCUT2D eigenvalue weighted by Gasteiger charge is -2.32. The van der Waals surface area contributed by atoms with E-state index >= 15 is 0 Å². The summed E-state index contributed by atoms with van der Waals surface area (Å²) in [6.45, 7) is 2.09. The van der Waals surface area contributed by atoms with Crippen LogP contribution >= 0.6 is 0 Å². The second kappa shape index (κ2) is 7.96. The van der Waals surface area contributed by atoms with Crippen LogP contribution < -0.4 is 0 Å². The molecule has 0 saturated heterocycles.